The quantitative estimate of drug-likeness (QED) is 0.895. The van der Waals surface area contributed by atoms with Gasteiger partial charge in [-0.2, -0.15) is 0 Å². The lowest BCUT2D eigenvalue weighted by molar-refractivity contribution is -0.0721. The highest BCUT2D eigenvalue weighted by Crippen LogP contribution is 2.25. The van der Waals surface area contributed by atoms with E-state index in [9.17, 15) is 0 Å². The first-order chi connectivity index (χ1) is 8.54. The van der Waals surface area contributed by atoms with Crippen LogP contribution in [0.15, 0.2) is 24.3 Å². The number of benzene rings is 1. The molecule has 0 bridgehead atoms. The summed E-state index contributed by atoms with van der Waals surface area (Å²) in [6.45, 7) is 6.19. The number of nitrogens with two attached hydrogens (primary N) is 1. The fourth-order valence-corrected chi connectivity index (χ4v) is 2.50. The highest BCUT2D eigenvalue weighted by molar-refractivity contribution is 5.30. The molecule has 0 saturated carbocycles. The first-order valence-electron chi connectivity index (χ1n) is 6.72. The largest absolute Gasteiger partial charge is 0.490 e. The molecule has 0 radical (unpaired) electrons. The van der Waals surface area contributed by atoms with Crippen LogP contribution in [0.25, 0.3) is 0 Å². The van der Waals surface area contributed by atoms with Gasteiger partial charge in [0.2, 0.25) is 0 Å². The third kappa shape index (κ3) is 3.47. The maximum atomic E-state index is 6.05. The Morgan fingerprint density at radius 1 is 1.28 bits per heavy atom. The minimum atomic E-state index is 0.0427. The monoisotopic (exact) mass is 249 g/mol. The first-order valence-corrected chi connectivity index (χ1v) is 6.72. The summed E-state index contributed by atoms with van der Waals surface area (Å²) in [5.41, 5.74) is 7.00. The molecule has 1 aromatic carbocycles. The summed E-state index contributed by atoms with van der Waals surface area (Å²) in [6, 6.07) is 8.11. The first kappa shape index (κ1) is 13.4. The third-order valence-corrected chi connectivity index (χ3v) is 3.34. The summed E-state index contributed by atoms with van der Waals surface area (Å²) in [5.74, 6) is 0.913. The Hall–Kier alpha value is -1.06. The van der Waals surface area contributed by atoms with Gasteiger partial charge in [0.15, 0.2) is 0 Å². The van der Waals surface area contributed by atoms with Crippen molar-refractivity contribution >= 4 is 0 Å². The van der Waals surface area contributed by atoms with Crippen molar-refractivity contribution in [3.05, 3.63) is 29.8 Å². The SMILES string of the molecule is CC1CC(Oc2cccc(C(C)N)c2)CC(C)O1. The molecular formula is C15H23NO2. The molecule has 1 aliphatic heterocycles. The molecule has 1 fully saturated rings. The van der Waals surface area contributed by atoms with Crippen LogP contribution in [0, 0.1) is 0 Å². The van der Waals surface area contributed by atoms with Crippen molar-refractivity contribution in [3.8, 4) is 5.75 Å². The van der Waals surface area contributed by atoms with Gasteiger partial charge in [-0.05, 0) is 38.5 Å². The van der Waals surface area contributed by atoms with E-state index in [0.717, 1.165) is 24.2 Å². The van der Waals surface area contributed by atoms with E-state index in [1.54, 1.807) is 0 Å². The number of hydrogen-bond acceptors (Lipinski definition) is 3. The normalized spacial score (nSPS) is 29.9. The summed E-state index contributed by atoms with van der Waals surface area (Å²) in [5, 5.41) is 0. The van der Waals surface area contributed by atoms with Gasteiger partial charge in [0.05, 0.1) is 12.2 Å². The molecule has 3 atom stereocenters. The molecule has 3 unspecified atom stereocenters. The summed E-state index contributed by atoms with van der Waals surface area (Å²) < 4.78 is 11.8. The molecule has 1 aliphatic rings. The zero-order valence-corrected chi connectivity index (χ0v) is 11.4. The van der Waals surface area contributed by atoms with Crippen molar-refractivity contribution in [1.29, 1.82) is 0 Å². The van der Waals surface area contributed by atoms with Crippen LogP contribution in [0.1, 0.15) is 45.2 Å². The maximum Gasteiger partial charge on any atom is 0.120 e. The second-order valence-corrected chi connectivity index (χ2v) is 5.33. The molecule has 18 heavy (non-hydrogen) atoms. The van der Waals surface area contributed by atoms with Gasteiger partial charge in [-0.15, -0.1) is 0 Å². The lowest BCUT2D eigenvalue weighted by Gasteiger charge is -2.32. The van der Waals surface area contributed by atoms with E-state index < -0.39 is 0 Å². The molecule has 1 saturated heterocycles. The third-order valence-electron chi connectivity index (χ3n) is 3.34. The van der Waals surface area contributed by atoms with Crippen LogP contribution in [0.3, 0.4) is 0 Å². The second kappa shape index (κ2) is 5.72. The molecule has 0 aliphatic carbocycles. The number of hydrogen-bond donors (Lipinski definition) is 1. The molecular weight excluding hydrogens is 226 g/mol. The molecule has 1 heterocycles. The van der Waals surface area contributed by atoms with Crippen molar-refractivity contribution in [2.45, 2.75) is 58.0 Å². The molecule has 100 valence electrons. The standard InChI is InChI=1S/C15H23NO2/c1-10-7-15(8-11(2)17-10)18-14-6-4-5-13(9-14)12(3)16/h4-6,9-12,15H,7-8,16H2,1-3H3. The van der Waals surface area contributed by atoms with Gasteiger partial charge >= 0.3 is 0 Å². The van der Waals surface area contributed by atoms with Crippen molar-refractivity contribution in [1.82, 2.24) is 0 Å². The predicted octanol–water partition coefficient (Wildman–Crippen LogP) is 3.04. The van der Waals surface area contributed by atoms with Crippen LogP contribution in [0.2, 0.25) is 0 Å². The van der Waals surface area contributed by atoms with Crippen molar-refractivity contribution in [2.75, 3.05) is 0 Å². The highest BCUT2D eigenvalue weighted by atomic mass is 16.5. The number of ether oxygens (including phenoxy) is 2. The minimum absolute atomic E-state index is 0.0427. The van der Waals surface area contributed by atoms with Gasteiger partial charge in [0, 0.05) is 18.9 Å². The van der Waals surface area contributed by atoms with Crippen LogP contribution < -0.4 is 10.5 Å². The summed E-state index contributed by atoms with van der Waals surface area (Å²) in [7, 11) is 0. The van der Waals surface area contributed by atoms with Crippen LogP contribution in [0.5, 0.6) is 5.75 Å². The highest BCUT2D eigenvalue weighted by Gasteiger charge is 2.25. The van der Waals surface area contributed by atoms with E-state index >= 15 is 0 Å². The van der Waals surface area contributed by atoms with Gasteiger partial charge in [-0.25, -0.2) is 0 Å². The molecule has 0 aromatic heterocycles. The Morgan fingerprint density at radius 2 is 1.94 bits per heavy atom. The maximum absolute atomic E-state index is 6.05. The van der Waals surface area contributed by atoms with E-state index in [0.29, 0.717) is 0 Å². The van der Waals surface area contributed by atoms with Gasteiger partial charge in [-0.1, -0.05) is 12.1 Å². The van der Waals surface area contributed by atoms with E-state index in [-0.39, 0.29) is 24.4 Å². The molecule has 1 aromatic rings. The van der Waals surface area contributed by atoms with Crippen LogP contribution in [-0.4, -0.2) is 18.3 Å². The zero-order valence-electron chi connectivity index (χ0n) is 11.4. The Labute approximate surface area is 109 Å². The summed E-state index contributed by atoms with van der Waals surface area (Å²) in [4.78, 5) is 0. The van der Waals surface area contributed by atoms with E-state index in [1.807, 2.05) is 31.2 Å². The Balaban J connectivity index is 2.02. The van der Waals surface area contributed by atoms with E-state index in [4.69, 9.17) is 15.2 Å². The van der Waals surface area contributed by atoms with Crippen molar-refractivity contribution < 1.29 is 9.47 Å². The van der Waals surface area contributed by atoms with E-state index in [1.165, 1.54) is 0 Å². The zero-order chi connectivity index (χ0) is 13.1. The Morgan fingerprint density at radius 3 is 2.56 bits per heavy atom. The van der Waals surface area contributed by atoms with E-state index in [2.05, 4.69) is 13.8 Å². The fraction of sp³-hybridized carbons (Fsp3) is 0.600. The van der Waals surface area contributed by atoms with Crippen molar-refractivity contribution in [3.63, 3.8) is 0 Å². The van der Waals surface area contributed by atoms with Crippen LogP contribution in [0.4, 0.5) is 0 Å². The molecule has 0 amide bonds. The lowest BCUT2D eigenvalue weighted by Crippen LogP contribution is -2.35. The lowest BCUT2D eigenvalue weighted by atomic mass is 10.0. The summed E-state index contributed by atoms with van der Waals surface area (Å²) >= 11 is 0. The summed E-state index contributed by atoms with van der Waals surface area (Å²) in [6.07, 6.45) is 2.69. The minimum Gasteiger partial charge on any atom is -0.490 e. The second-order valence-electron chi connectivity index (χ2n) is 5.33. The molecule has 3 nitrogen and oxygen atoms in total. The van der Waals surface area contributed by atoms with Gasteiger partial charge in [0.25, 0.3) is 0 Å². The average Bonchev–Trinajstić information content (AvgIpc) is 2.27. The van der Waals surface area contributed by atoms with Crippen molar-refractivity contribution in [2.24, 2.45) is 5.73 Å². The average molecular weight is 249 g/mol. The topological polar surface area (TPSA) is 44.5 Å². The molecule has 2 N–H and O–H groups in total. The molecule has 3 heteroatoms. The predicted molar refractivity (Wildman–Crippen MR) is 72.7 cm³/mol. The van der Waals surface area contributed by atoms with Gasteiger partial charge in [0.1, 0.15) is 11.9 Å². The Bertz CT molecular complexity index is 382. The van der Waals surface area contributed by atoms with Crippen LogP contribution >= 0.6 is 0 Å². The molecule has 0 spiro atoms. The Kier molecular flexibility index (Phi) is 4.25. The van der Waals surface area contributed by atoms with Gasteiger partial charge in [-0.3, -0.25) is 0 Å². The fourth-order valence-electron chi connectivity index (χ4n) is 2.50. The van der Waals surface area contributed by atoms with Crippen LogP contribution in [-0.2, 0) is 4.74 Å². The molecule has 2 rings (SSSR count). The smallest absolute Gasteiger partial charge is 0.120 e. The number of rotatable bonds is 3. The van der Waals surface area contributed by atoms with Gasteiger partial charge < -0.3 is 15.2 Å².